The number of likely N-dealkylation sites (N-methyl/N-ethyl adjacent to an activating group) is 1. The van der Waals surface area contributed by atoms with Gasteiger partial charge in [0.2, 0.25) is 0 Å². The molecule has 1 fully saturated rings. The molecule has 2 aliphatic rings. The molecular weight excluding hydrogens is 502 g/mol. The fraction of sp³-hybridized carbons (Fsp3) is 0.552. The van der Waals surface area contributed by atoms with Gasteiger partial charge in [-0.15, -0.1) is 0 Å². The van der Waals surface area contributed by atoms with E-state index in [1.54, 1.807) is 35.2 Å². The van der Waals surface area contributed by atoms with E-state index in [2.05, 4.69) is 23.6 Å². The van der Waals surface area contributed by atoms with E-state index in [1.165, 1.54) is 50.3 Å². The van der Waals surface area contributed by atoms with Crippen molar-refractivity contribution in [3.05, 3.63) is 54.1 Å². The first-order valence-electron chi connectivity index (χ1n) is 13.7. The van der Waals surface area contributed by atoms with E-state index >= 15 is 0 Å². The highest BCUT2D eigenvalue weighted by atomic mass is 32.2. The summed E-state index contributed by atoms with van der Waals surface area (Å²) in [7, 11) is -1.69. The zero-order chi connectivity index (χ0) is 27.3. The number of amides is 1. The average molecular weight is 544 g/mol. The predicted molar refractivity (Wildman–Crippen MR) is 149 cm³/mol. The minimum Gasteiger partial charge on any atom is -0.488 e. The van der Waals surface area contributed by atoms with Gasteiger partial charge in [-0.25, -0.2) is 8.42 Å². The summed E-state index contributed by atoms with van der Waals surface area (Å²) in [5.41, 5.74) is 0.561. The van der Waals surface area contributed by atoms with Crippen molar-refractivity contribution in [2.45, 2.75) is 63.0 Å². The largest absolute Gasteiger partial charge is 0.488 e. The third-order valence-corrected chi connectivity index (χ3v) is 9.15. The van der Waals surface area contributed by atoms with Gasteiger partial charge in [-0.2, -0.15) is 0 Å². The number of carbonyl (C=O) groups is 1. The summed E-state index contributed by atoms with van der Waals surface area (Å²) >= 11 is 0. The van der Waals surface area contributed by atoms with E-state index in [0.717, 1.165) is 13.1 Å². The van der Waals surface area contributed by atoms with Crippen LogP contribution in [0.1, 0.15) is 56.3 Å². The molecule has 0 spiro atoms. The standard InChI is InChI=1S/C29H41N3O5S/c1-21-17-32(22(2)20-33)29(34)26-16-24(30-38(35,36)25-12-8-5-9-13-25)14-15-27(26)37-28(21)19-31(3)18-23-10-6-4-7-11-23/h5,8-9,12-16,21-23,28,30,33H,4,6-7,10-11,17-20H2,1-3H3/t21-,22-,28+/m0/s1. The Morgan fingerprint density at radius 1 is 1.11 bits per heavy atom. The van der Waals surface area contributed by atoms with E-state index in [4.69, 9.17) is 4.74 Å². The number of hydrogen-bond acceptors (Lipinski definition) is 6. The molecule has 0 bridgehead atoms. The quantitative estimate of drug-likeness (QED) is 0.491. The summed E-state index contributed by atoms with van der Waals surface area (Å²) in [6, 6.07) is 12.6. The molecule has 3 atom stereocenters. The van der Waals surface area contributed by atoms with Gasteiger partial charge in [0, 0.05) is 31.2 Å². The van der Waals surface area contributed by atoms with Crippen molar-refractivity contribution in [3.8, 4) is 5.75 Å². The van der Waals surface area contributed by atoms with Gasteiger partial charge in [-0.05, 0) is 63.1 Å². The Labute approximate surface area is 227 Å². The van der Waals surface area contributed by atoms with Gasteiger partial charge < -0.3 is 19.6 Å². The van der Waals surface area contributed by atoms with Crippen LogP contribution >= 0.6 is 0 Å². The number of carbonyl (C=O) groups excluding carboxylic acids is 1. The molecule has 1 aliphatic heterocycles. The van der Waals surface area contributed by atoms with Crippen LogP contribution in [0.15, 0.2) is 53.4 Å². The van der Waals surface area contributed by atoms with E-state index < -0.39 is 10.0 Å². The molecule has 4 rings (SSSR count). The SMILES string of the molecule is C[C@H]1CN([C@@H](C)CO)C(=O)c2cc(NS(=O)(=O)c3ccccc3)ccc2O[C@@H]1CN(C)CC1CCCCC1. The molecule has 9 heteroatoms. The predicted octanol–water partition coefficient (Wildman–Crippen LogP) is 4.22. The maximum Gasteiger partial charge on any atom is 0.261 e. The molecule has 0 unspecified atom stereocenters. The van der Waals surface area contributed by atoms with E-state index in [-0.39, 0.29) is 46.7 Å². The Morgan fingerprint density at radius 2 is 1.82 bits per heavy atom. The Bertz CT molecular complexity index is 1180. The zero-order valence-corrected chi connectivity index (χ0v) is 23.5. The van der Waals surface area contributed by atoms with Crippen molar-refractivity contribution in [2.24, 2.45) is 11.8 Å². The lowest BCUT2D eigenvalue weighted by Crippen LogP contribution is -2.50. The molecule has 0 aromatic heterocycles. The van der Waals surface area contributed by atoms with Gasteiger partial charge in [-0.3, -0.25) is 9.52 Å². The maximum absolute atomic E-state index is 13.7. The number of aliphatic hydroxyl groups excluding tert-OH is 1. The first kappa shape index (κ1) is 28.4. The van der Waals surface area contributed by atoms with Gasteiger partial charge in [-0.1, -0.05) is 44.4 Å². The molecule has 0 radical (unpaired) electrons. The van der Waals surface area contributed by atoms with Crippen LogP contribution in [-0.2, 0) is 10.0 Å². The summed E-state index contributed by atoms with van der Waals surface area (Å²) in [6.45, 7) is 5.91. The fourth-order valence-electron chi connectivity index (χ4n) is 5.51. The number of ether oxygens (including phenoxy) is 1. The minimum atomic E-state index is -3.82. The second-order valence-corrected chi connectivity index (χ2v) is 12.7. The van der Waals surface area contributed by atoms with Gasteiger partial charge in [0.25, 0.3) is 15.9 Å². The topological polar surface area (TPSA) is 99.2 Å². The van der Waals surface area contributed by atoms with Crippen LogP contribution < -0.4 is 9.46 Å². The molecule has 2 aromatic carbocycles. The van der Waals surface area contributed by atoms with Crippen LogP contribution in [0.3, 0.4) is 0 Å². The van der Waals surface area contributed by atoms with Crippen LogP contribution in [0.5, 0.6) is 5.75 Å². The summed E-state index contributed by atoms with van der Waals surface area (Å²) in [4.78, 5) is 17.8. The third-order valence-electron chi connectivity index (χ3n) is 7.76. The molecule has 1 amide bonds. The summed E-state index contributed by atoms with van der Waals surface area (Å²) in [5, 5.41) is 9.90. The highest BCUT2D eigenvalue weighted by Crippen LogP contribution is 2.32. The normalized spacial score (nSPS) is 21.8. The van der Waals surface area contributed by atoms with Crippen LogP contribution in [0, 0.1) is 11.8 Å². The Morgan fingerprint density at radius 3 is 2.50 bits per heavy atom. The summed E-state index contributed by atoms with van der Waals surface area (Å²) in [5.74, 6) is 0.877. The number of fused-ring (bicyclic) bond motifs is 1. The van der Waals surface area contributed by atoms with Crippen molar-refractivity contribution >= 4 is 21.6 Å². The molecule has 1 aliphatic carbocycles. The number of aliphatic hydroxyl groups is 1. The van der Waals surface area contributed by atoms with E-state index in [1.807, 2.05) is 6.92 Å². The van der Waals surface area contributed by atoms with Gasteiger partial charge >= 0.3 is 0 Å². The number of hydrogen-bond donors (Lipinski definition) is 2. The van der Waals surface area contributed by atoms with Crippen molar-refractivity contribution < 1.29 is 23.1 Å². The average Bonchev–Trinajstić information content (AvgIpc) is 2.91. The lowest BCUT2D eigenvalue weighted by Gasteiger charge is -2.38. The molecule has 1 saturated carbocycles. The first-order valence-corrected chi connectivity index (χ1v) is 15.1. The highest BCUT2D eigenvalue weighted by Gasteiger charge is 2.34. The Hall–Kier alpha value is -2.62. The van der Waals surface area contributed by atoms with Gasteiger partial charge in [0.05, 0.1) is 23.1 Å². The number of benzene rings is 2. The van der Waals surface area contributed by atoms with E-state index in [9.17, 15) is 18.3 Å². The van der Waals surface area contributed by atoms with Gasteiger partial charge in [0.15, 0.2) is 0 Å². The maximum atomic E-state index is 13.7. The number of nitrogens with zero attached hydrogens (tertiary/aromatic N) is 2. The van der Waals surface area contributed by atoms with E-state index in [0.29, 0.717) is 18.2 Å². The van der Waals surface area contributed by atoms with Crippen LogP contribution in [-0.4, -0.2) is 74.7 Å². The van der Waals surface area contributed by atoms with Crippen molar-refractivity contribution in [3.63, 3.8) is 0 Å². The second-order valence-electron chi connectivity index (χ2n) is 11.0. The van der Waals surface area contributed by atoms with Crippen LogP contribution in [0.25, 0.3) is 0 Å². The molecule has 0 saturated heterocycles. The molecule has 38 heavy (non-hydrogen) atoms. The molecular formula is C29H41N3O5S. The number of nitrogens with one attached hydrogen (secondary N) is 1. The molecule has 1 heterocycles. The first-order chi connectivity index (χ1) is 18.2. The Kier molecular flexibility index (Phi) is 9.33. The zero-order valence-electron chi connectivity index (χ0n) is 22.7. The lowest BCUT2D eigenvalue weighted by molar-refractivity contribution is 0.0330. The second kappa shape index (κ2) is 12.5. The summed E-state index contributed by atoms with van der Waals surface area (Å²) < 4.78 is 34.9. The molecule has 208 valence electrons. The highest BCUT2D eigenvalue weighted by molar-refractivity contribution is 7.92. The molecule has 2 N–H and O–H groups in total. The number of anilines is 1. The number of sulfonamides is 1. The van der Waals surface area contributed by atoms with Crippen molar-refractivity contribution in [1.29, 1.82) is 0 Å². The van der Waals surface area contributed by atoms with Gasteiger partial charge in [0.1, 0.15) is 11.9 Å². The smallest absolute Gasteiger partial charge is 0.261 e. The minimum absolute atomic E-state index is 0.0335. The fourth-order valence-corrected chi connectivity index (χ4v) is 6.58. The van der Waals surface area contributed by atoms with Crippen molar-refractivity contribution in [1.82, 2.24) is 9.80 Å². The molecule has 8 nitrogen and oxygen atoms in total. The lowest BCUT2D eigenvalue weighted by atomic mass is 9.89. The van der Waals surface area contributed by atoms with Crippen LogP contribution in [0.4, 0.5) is 5.69 Å². The third kappa shape index (κ3) is 6.87. The van der Waals surface area contributed by atoms with Crippen LogP contribution in [0.2, 0.25) is 0 Å². The molecule has 2 aromatic rings. The van der Waals surface area contributed by atoms with Crippen molar-refractivity contribution in [2.75, 3.05) is 38.0 Å². The Balaban J connectivity index is 1.60. The monoisotopic (exact) mass is 543 g/mol. The summed E-state index contributed by atoms with van der Waals surface area (Å²) in [6.07, 6.45) is 6.30. The number of rotatable bonds is 9.